The van der Waals surface area contributed by atoms with Gasteiger partial charge in [0.25, 0.3) is 0 Å². The van der Waals surface area contributed by atoms with E-state index in [4.69, 9.17) is 0 Å². The lowest BCUT2D eigenvalue weighted by molar-refractivity contribution is -0.131. The van der Waals surface area contributed by atoms with E-state index in [1.54, 1.807) is 7.05 Å². The van der Waals surface area contributed by atoms with Crippen molar-refractivity contribution in [1.82, 2.24) is 5.32 Å². The number of carbonyl (C=O) groups is 1. The van der Waals surface area contributed by atoms with Gasteiger partial charge in [0, 0.05) is 18.9 Å². The number of carbonyl (C=O) groups excluding carboxylic acids is 1. The third kappa shape index (κ3) is 1.50. The summed E-state index contributed by atoms with van der Waals surface area (Å²) >= 11 is 0. The number of benzene rings is 2. The summed E-state index contributed by atoms with van der Waals surface area (Å²) in [5, 5.41) is 2.88. The highest BCUT2D eigenvalue weighted by atomic mass is 16.2. The number of fused-ring (bicyclic) bond motifs is 1. The molecular weight excluding hydrogens is 258 g/mol. The summed E-state index contributed by atoms with van der Waals surface area (Å²) in [6.07, 6.45) is 0.894. The molecule has 5 rings (SSSR count). The first kappa shape index (κ1) is 12.6. The average Bonchev–Trinajstić information content (AvgIpc) is 2.54. The van der Waals surface area contributed by atoms with Gasteiger partial charge in [0.2, 0.25) is 5.91 Å². The lowest BCUT2D eigenvalue weighted by atomic mass is 9.52. The van der Waals surface area contributed by atoms with E-state index >= 15 is 0 Å². The van der Waals surface area contributed by atoms with Gasteiger partial charge in [-0.1, -0.05) is 48.5 Å². The molecule has 2 bridgehead atoms. The zero-order valence-corrected chi connectivity index (χ0v) is 12.4. The van der Waals surface area contributed by atoms with Crippen molar-refractivity contribution in [2.24, 2.45) is 5.41 Å². The van der Waals surface area contributed by atoms with Crippen molar-refractivity contribution < 1.29 is 4.79 Å². The minimum atomic E-state index is -0.359. The van der Waals surface area contributed by atoms with Crippen LogP contribution in [0.1, 0.15) is 47.4 Å². The summed E-state index contributed by atoms with van der Waals surface area (Å²) < 4.78 is 0. The predicted molar refractivity (Wildman–Crippen MR) is 83.4 cm³/mol. The maximum Gasteiger partial charge on any atom is 0.226 e. The van der Waals surface area contributed by atoms with Crippen LogP contribution < -0.4 is 5.32 Å². The molecule has 0 spiro atoms. The smallest absolute Gasteiger partial charge is 0.226 e. The Kier molecular flexibility index (Phi) is 2.53. The SMILES string of the molecule is CNC(=O)C1(C)CC2c3ccccc3C1c1ccccc12. The van der Waals surface area contributed by atoms with Gasteiger partial charge in [-0.25, -0.2) is 0 Å². The minimum absolute atomic E-state index is 0.154. The van der Waals surface area contributed by atoms with Crippen LogP contribution >= 0.6 is 0 Å². The molecule has 1 N–H and O–H groups in total. The number of rotatable bonds is 1. The summed E-state index contributed by atoms with van der Waals surface area (Å²) in [6.45, 7) is 2.12. The molecule has 0 saturated heterocycles. The standard InChI is InChI=1S/C19H19NO/c1-19(18(21)20-2)11-16-12-7-3-5-9-14(12)17(19)15-10-6-4-8-13(15)16/h3-10,16-17H,11H2,1-2H3,(H,20,21). The largest absolute Gasteiger partial charge is 0.359 e. The molecule has 0 saturated carbocycles. The Morgan fingerprint density at radius 2 is 1.48 bits per heavy atom. The van der Waals surface area contributed by atoms with E-state index in [9.17, 15) is 4.79 Å². The van der Waals surface area contributed by atoms with Crippen molar-refractivity contribution in [3.8, 4) is 0 Å². The van der Waals surface area contributed by atoms with Crippen LogP contribution in [0.25, 0.3) is 0 Å². The normalized spacial score (nSPS) is 28.7. The van der Waals surface area contributed by atoms with E-state index in [1.807, 2.05) is 0 Å². The fourth-order valence-corrected chi connectivity index (χ4v) is 4.47. The highest BCUT2D eigenvalue weighted by molar-refractivity contribution is 5.86. The van der Waals surface area contributed by atoms with Crippen molar-refractivity contribution in [2.45, 2.75) is 25.2 Å². The van der Waals surface area contributed by atoms with E-state index in [-0.39, 0.29) is 17.2 Å². The van der Waals surface area contributed by atoms with Crippen LogP contribution in [0.3, 0.4) is 0 Å². The minimum Gasteiger partial charge on any atom is -0.359 e. The van der Waals surface area contributed by atoms with Gasteiger partial charge in [0.1, 0.15) is 0 Å². The second kappa shape index (κ2) is 4.20. The molecule has 0 fully saturated rings. The van der Waals surface area contributed by atoms with E-state index in [1.165, 1.54) is 22.3 Å². The van der Waals surface area contributed by atoms with Gasteiger partial charge >= 0.3 is 0 Å². The Morgan fingerprint density at radius 1 is 1.00 bits per heavy atom. The summed E-state index contributed by atoms with van der Waals surface area (Å²) in [5.41, 5.74) is 5.12. The number of hydrogen-bond acceptors (Lipinski definition) is 1. The average molecular weight is 277 g/mol. The Morgan fingerprint density at radius 3 is 1.95 bits per heavy atom. The zero-order chi connectivity index (χ0) is 14.6. The highest BCUT2D eigenvalue weighted by Gasteiger charge is 2.53. The van der Waals surface area contributed by atoms with Gasteiger partial charge in [0.05, 0.1) is 5.41 Å². The molecule has 21 heavy (non-hydrogen) atoms. The predicted octanol–water partition coefficient (Wildman–Crippen LogP) is 3.42. The van der Waals surface area contributed by atoms with Crippen molar-refractivity contribution >= 4 is 5.91 Å². The lowest BCUT2D eigenvalue weighted by Gasteiger charge is -2.50. The van der Waals surface area contributed by atoms with Crippen molar-refractivity contribution in [3.05, 3.63) is 70.8 Å². The molecule has 2 aromatic rings. The molecule has 0 heterocycles. The molecule has 2 nitrogen and oxygen atoms in total. The van der Waals surface area contributed by atoms with Crippen LogP contribution in [-0.2, 0) is 4.79 Å². The Balaban J connectivity index is 2.01. The molecule has 3 aliphatic carbocycles. The maximum absolute atomic E-state index is 12.6. The third-order valence-corrected chi connectivity index (χ3v) is 5.38. The second-order valence-electron chi connectivity index (χ2n) is 6.44. The molecule has 0 aromatic heterocycles. The van der Waals surface area contributed by atoms with Crippen LogP contribution in [0.4, 0.5) is 0 Å². The van der Waals surface area contributed by atoms with Crippen molar-refractivity contribution in [2.75, 3.05) is 7.05 Å². The summed E-state index contributed by atoms with van der Waals surface area (Å²) in [6, 6.07) is 17.3. The maximum atomic E-state index is 12.6. The molecule has 106 valence electrons. The van der Waals surface area contributed by atoms with Gasteiger partial charge in [-0.2, -0.15) is 0 Å². The summed E-state index contributed by atoms with van der Waals surface area (Å²) in [4.78, 5) is 12.6. The zero-order valence-electron chi connectivity index (χ0n) is 12.4. The molecule has 0 radical (unpaired) electrons. The number of hydrogen-bond donors (Lipinski definition) is 1. The van der Waals surface area contributed by atoms with Gasteiger partial charge in [-0.3, -0.25) is 4.79 Å². The van der Waals surface area contributed by atoms with Crippen LogP contribution in [0.2, 0.25) is 0 Å². The Labute approximate surface area is 125 Å². The summed E-state index contributed by atoms with van der Waals surface area (Å²) in [5.74, 6) is 0.654. The Hall–Kier alpha value is -2.09. The fourth-order valence-electron chi connectivity index (χ4n) is 4.47. The van der Waals surface area contributed by atoms with E-state index in [0.717, 1.165) is 6.42 Å². The lowest BCUT2D eigenvalue weighted by Crippen LogP contribution is -2.48. The molecule has 0 aliphatic heterocycles. The molecule has 1 atom stereocenters. The van der Waals surface area contributed by atoms with Crippen LogP contribution in [0.15, 0.2) is 48.5 Å². The van der Waals surface area contributed by atoms with Gasteiger partial charge in [-0.15, -0.1) is 0 Å². The molecule has 2 heteroatoms. The topological polar surface area (TPSA) is 29.1 Å². The number of nitrogens with one attached hydrogen (secondary N) is 1. The highest BCUT2D eigenvalue weighted by Crippen LogP contribution is 2.60. The Bertz CT molecular complexity index is 688. The first-order valence-corrected chi connectivity index (χ1v) is 7.56. The monoisotopic (exact) mass is 277 g/mol. The molecule has 2 aromatic carbocycles. The van der Waals surface area contributed by atoms with Crippen LogP contribution in [-0.4, -0.2) is 13.0 Å². The van der Waals surface area contributed by atoms with Gasteiger partial charge in [0.15, 0.2) is 0 Å². The third-order valence-electron chi connectivity index (χ3n) is 5.38. The van der Waals surface area contributed by atoms with E-state index in [0.29, 0.717) is 5.92 Å². The number of amides is 1. The quantitative estimate of drug-likeness (QED) is 0.850. The molecule has 1 amide bonds. The molecule has 3 aliphatic rings. The van der Waals surface area contributed by atoms with Crippen molar-refractivity contribution in [3.63, 3.8) is 0 Å². The van der Waals surface area contributed by atoms with E-state index < -0.39 is 0 Å². The molecule has 1 unspecified atom stereocenters. The van der Waals surface area contributed by atoms with Crippen LogP contribution in [0, 0.1) is 5.41 Å². The van der Waals surface area contributed by atoms with Crippen molar-refractivity contribution in [1.29, 1.82) is 0 Å². The van der Waals surface area contributed by atoms with Gasteiger partial charge < -0.3 is 5.32 Å². The first-order valence-electron chi connectivity index (χ1n) is 7.56. The van der Waals surface area contributed by atoms with E-state index in [2.05, 4.69) is 60.8 Å². The van der Waals surface area contributed by atoms with Gasteiger partial charge in [-0.05, 0) is 35.6 Å². The fraction of sp³-hybridized carbons (Fsp3) is 0.316. The summed E-state index contributed by atoms with van der Waals surface area (Å²) in [7, 11) is 1.74. The van der Waals surface area contributed by atoms with Crippen LogP contribution in [0.5, 0.6) is 0 Å². The first-order chi connectivity index (χ1) is 10.2. The molecular formula is C19H19NO. The second-order valence-corrected chi connectivity index (χ2v) is 6.44.